The van der Waals surface area contributed by atoms with Crippen LogP contribution in [0.25, 0.3) is 0 Å². The van der Waals surface area contributed by atoms with Crippen molar-refractivity contribution in [1.29, 1.82) is 0 Å². The van der Waals surface area contributed by atoms with E-state index in [4.69, 9.17) is 0 Å². The Labute approximate surface area is 124 Å². The van der Waals surface area contributed by atoms with Crippen LogP contribution in [0.15, 0.2) is 12.4 Å². The molecule has 1 aliphatic carbocycles. The molecule has 2 rings (SSSR count). The summed E-state index contributed by atoms with van der Waals surface area (Å²) in [7, 11) is 0. The van der Waals surface area contributed by atoms with E-state index in [1.54, 1.807) is 0 Å². The fourth-order valence-electron chi connectivity index (χ4n) is 3.37. The van der Waals surface area contributed by atoms with Gasteiger partial charge in [0.2, 0.25) is 0 Å². The van der Waals surface area contributed by atoms with Crippen LogP contribution in [-0.2, 0) is 13.0 Å². The Bertz CT molecular complexity index is 383. The highest BCUT2D eigenvalue weighted by molar-refractivity contribution is 5.06. The molecule has 1 saturated carbocycles. The molecule has 3 nitrogen and oxygen atoms in total. The maximum atomic E-state index is 4.41. The van der Waals surface area contributed by atoms with E-state index in [9.17, 15) is 0 Å². The highest BCUT2D eigenvalue weighted by atomic mass is 15.3. The van der Waals surface area contributed by atoms with E-state index in [1.807, 2.05) is 4.68 Å². The Morgan fingerprint density at radius 1 is 1.30 bits per heavy atom. The molecule has 1 aromatic rings. The quantitative estimate of drug-likeness (QED) is 0.826. The minimum absolute atomic E-state index is 0.750. The van der Waals surface area contributed by atoms with Gasteiger partial charge in [-0.05, 0) is 62.6 Å². The summed E-state index contributed by atoms with van der Waals surface area (Å²) in [4.78, 5) is 0. The molecule has 1 fully saturated rings. The van der Waals surface area contributed by atoms with Crippen molar-refractivity contribution in [1.82, 2.24) is 15.1 Å². The lowest BCUT2D eigenvalue weighted by Gasteiger charge is -2.32. The Kier molecular flexibility index (Phi) is 6.08. The average Bonchev–Trinajstić information content (AvgIpc) is 2.88. The van der Waals surface area contributed by atoms with Crippen molar-refractivity contribution in [2.24, 2.45) is 17.8 Å². The predicted molar refractivity (Wildman–Crippen MR) is 84.8 cm³/mol. The molecule has 0 aromatic carbocycles. The van der Waals surface area contributed by atoms with Crippen LogP contribution >= 0.6 is 0 Å². The third-order valence-electron chi connectivity index (χ3n) is 4.53. The summed E-state index contributed by atoms with van der Waals surface area (Å²) in [5.41, 5.74) is 1.42. The van der Waals surface area contributed by atoms with E-state index < -0.39 is 0 Å². The van der Waals surface area contributed by atoms with Crippen LogP contribution in [0.5, 0.6) is 0 Å². The zero-order chi connectivity index (χ0) is 14.4. The van der Waals surface area contributed by atoms with E-state index in [-0.39, 0.29) is 0 Å². The molecule has 0 bridgehead atoms. The molecule has 20 heavy (non-hydrogen) atoms. The molecule has 0 radical (unpaired) electrons. The molecule has 114 valence electrons. The van der Waals surface area contributed by atoms with Crippen LogP contribution in [0.3, 0.4) is 0 Å². The van der Waals surface area contributed by atoms with E-state index >= 15 is 0 Å². The van der Waals surface area contributed by atoms with Crippen molar-refractivity contribution < 1.29 is 0 Å². The van der Waals surface area contributed by atoms with Crippen molar-refractivity contribution in [2.45, 2.75) is 59.4 Å². The van der Waals surface area contributed by atoms with Crippen LogP contribution in [0, 0.1) is 17.8 Å². The minimum Gasteiger partial charge on any atom is -0.316 e. The van der Waals surface area contributed by atoms with E-state index in [2.05, 4.69) is 43.6 Å². The van der Waals surface area contributed by atoms with Gasteiger partial charge >= 0.3 is 0 Å². The predicted octanol–water partition coefficient (Wildman–Crippen LogP) is 3.50. The molecule has 3 heteroatoms. The normalized spacial score (nSPS) is 23.4. The second-order valence-corrected chi connectivity index (χ2v) is 6.77. The highest BCUT2D eigenvalue weighted by Gasteiger charge is 2.25. The van der Waals surface area contributed by atoms with Crippen LogP contribution in [0.2, 0.25) is 0 Å². The fraction of sp³-hybridized carbons (Fsp3) is 0.824. The molecule has 0 spiro atoms. The fourth-order valence-corrected chi connectivity index (χ4v) is 3.37. The number of aryl methyl sites for hydroxylation is 1. The van der Waals surface area contributed by atoms with Crippen molar-refractivity contribution in [2.75, 3.05) is 13.1 Å². The molecule has 0 aliphatic heterocycles. The first-order valence-electron chi connectivity index (χ1n) is 8.41. The van der Waals surface area contributed by atoms with Gasteiger partial charge in [-0.3, -0.25) is 4.68 Å². The smallest absolute Gasteiger partial charge is 0.0521 e. The first kappa shape index (κ1) is 15.6. The van der Waals surface area contributed by atoms with Crippen molar-refractivity contribution in [3.8, 4) is 0 Å². The van der Waals surface area contributed by atoms with Crippen molar-refractivity contribution in [3.63, 3.8) is 0 Å². The standard InChI is InChI=1S/C17H31N3/c1-4-20-13-15(11-19-20)9-16-7-5-6-8-17(16)12-18-10-14(2)3/h11,13-14,16-18H,4-10,12H2,1-3H3. The lowest BCUT2D eigenvalue weighted by atomic mass is 9.76. The van der Waals surface area contributed by atoms with Crippen molar-refractivity contribution in [3.05, 3.63) is 18.0 Å². The van der Waals surface area contributed by atoms with Gasteiger partial charge in [-0.1, -0.05) is 26.7 Å². The minimum atomic E-state index is 0.750. The van der Waals surface area contributed by atoms with Gasteiger partial charge in [-0.15, -0.1) is 0 Å². The molecular formula is C17H31N3. The number of aromatic nitrogens is 2. The van der Waals surface area contributed by atoms with Gasteiger partial charge < -0.3 is 5.32 Å². The molecule has 0 amide bonds. The maximum Gasteiger partial charge on any atom is 0.0521 e. The largest absolute Gasteiger partial charge is 0.316 e. The maximum absolute atomic E-state index is 4.41. The van der Waals surface area contributed by atoms with Gasteiger partial charge in [0.05, 0.1) is 6.20 Å². The lowest BCUT2D eigenvalue weighted by molar-refractivity contribution is 0.226. The van der Waals surface area contributed by atoms with Gasteiger partial charge in [0.15, 0.2) is 0 Å². The topological polar surface area (TPSA) is 29.9 Å². The number of rotatable bonds is 7. The van der Waals surface area contributed by atoms with E-state index in [0.29, 0.717) is 0 Å². The van der Waals surface area contributed by atoms with Crippen LogP contribution < -0.4 is 5.32 Å². The Morgan fingerprint density at radius 3 is 2.70 bits per heavy atom. The van der Waals surface area contributed by atoms with Gasteiger partial charge in [-0.2, -0.15) is 5.10 Å². The summed E-state index contributed by atoms with van der Waals surface area (Å²) < 4.78 is 2.05. The molecule has 2 unspecified atom stereocenters. The van der Waals surface area contributed by atoms with Crippen molar-refractivity contribution >= 4 is 0 Å². The van der Waals surface area contributed by atoms with Crippen LogP contribution in [-0.4, -0.2) is 22.9 Å². The Balaban J connectivity index is 1.85. The van der Waals surface area contributed by atoms with Gasteiger partial charge in [0, 0.05) is 12.7 Å². The molecular weight excluding hydrogens is 246 g/mol. The number of hydrogen-bond donors (Lipinski definition) is 1. The summed E-state index contributed by atoms with van der Waals surface area (Å²) in [5.74, 6) is 2.45. The summed E-state index contributed by atoms with van der Waals surface area (Å²) >= 11 is 0. The van der Waals surface area contributed by atoms with Gasteiger partial charge in [0.1, 0.15) is 0 Å². The van der Waals surface area contributed by atoms with E-state index in [1.165, 1.54) is 44.2 Å². The van der Waals surface area contributed by atoms with Gasteiger partial charge in [0.25, 0.3) is 0 Å². The molecule has 0 saturated heterocycles. The summed E-state index contributed by atoms with van der Waals surface area (Å²) in [6, 6.07) is 0. The summed E-state index contributed by atoms with van der Waals surface area (Å²) in [5, 5.41) is 8.08. The molecule has 1 aliphatic rings. The third-order valence-corrected chi connectivity index (χ3v) is 4.53. The monoisotopic (exact) mass is 277 g/mol. The number of nitrogens with one attached hydrogen (secondary N) is 1. The average molecular weight is 277 g/mol. The zero-order valence-corrected chi connectivity index (χ0v) is 13.4. The summed E-state index contributed by atoms with van der Waals surface area (Å²) in [6.45, 7) is 10.0. The molecule has 2 atom stereocenters. The molecule has 1 aromatic heterocycles. The van der Waals surface area contributed by atoms with Crippen LogP contribution in [0.1, 0.15) is 52.0 Å². The van der Waals surface area contributed by atoms with Gasteiger partial charge in [-0.25, -0.2) is 0 Å². The first-order valence-corrected chi connectivity index (χ1v) is 8.41. The number of nitrogens with zero attached hydrogens (tertiary/aromatic N) is 2. The Morgan fingerprint density at radius 2 is 2.05 bits per heavy atom. The first-order chi connectivity index (χ1) is 9.69. The second-order valence-electron chi connectivity index (χ2n) is 6.77. The third kappa shape index (κ3) is 4.62. The zero-order valence-electron chi connectivity index (χ0n) is 13.4. The summed E-state index contributed by atoms with van der Waals surface area (Å²) in [6.07, 6.45) is 11.1. The lowest BCUT2D eigenvalue weighted by Crippen LogP contribution is -2.33. The van der Waals surface area contributed by atoms with E-state index in [0.717, 1.165) is 30.8 Å². The molecule has 1 heterocycles. The van der Waals surface area contributed by atoms with Crippen LogP contribution in [0.4, 0.5) is 0 Å². The second kappa shape index (κ2) is 7.82. The molecule has 1 N–H and O–H groups in total. The Hall–Kier alpha value is -0.830. The highest BCUT2D eigenvalue weighted by Crippen LogP contribution is 2.32. The SMILES string of the molecule is CCn1cc(CC2CCCCC2CNCC(C)C)cn1. The number of hydrogen-bond acceptors (Lipinski definition) is 2.